The molecular formula is C18H26ClN7O4. The maximum Gasteiger partial charge on any atom is 0.407 e. The summed E-state index contributed by atoms with van der Waals surface area (Å²) in [4.78, 5) is 29.7. The van der Waals surface area contributed by atoms with Crippen LogP contribution in [0, 0.1) is 0 Å². The highest BCUT2D eigenvalue weighted by atomic mass is 35.5. The second-order valence-electron chi connectivity index (χ2n) is 7.13. The number of hydrogen-bond acceptors (Lipinski definition) is 9. The normalized spacial score (nSPS) is 18.0. The molecule has 4 heterocycles. The van der Waals surface area contributed by atoms with Gasteiger partial charge in [0.2, 0.25) is 5.28 Å². The number of rotatable bonds is 6. The van der Waals surface area contributed by atoms with Crippen LogP contribution in [0.25, 0.3) is 11.2 Å². The molecule has 0 saturated carbocycles. The Morgan fingerprint density at radius 1 is 1.10 bits per heavy atom. The standard InChI is InChI=1S/C18H26ClN7O4/c1-24-13(12-30-18(27)20-2-3-25-4-8-28-9-5-25)21-14-15(24)22-17(19)23-16(14)26-6-10-29-11-7-26/h2-12H2,1H3,(H,20,27). The first kappa shape index (κ1) is 21.0. The lowest BCUT2D eigenvalue weighted by Gasteiger charge is -2.27. The van der Waals surface area contributed by atoms with Crippen LogP contribution in [-0.4, -0.2) is 96.2 Å². The van der Waals surface area contributed by atoms with E-state index in [0.717, 1.165) is 32.8 Å². The van der Waals surface area contributed by atoms with Gasteiger partial charge in [-0.1, -0.05) is 0 Å². The molecule has 164 valence electrons. The summed E-state index contributed by atoms with van der Waals surface area (Å²) < 4.78 is 17.8. The summed E-state index contributed by atoms with van der Waals surface area (Å²) in [6, 6.07) is 0. The second-order valence-corrected chi connectivity index (χ2v) is 7.47. The van der Waals surface area contributed by atoms with Gasteiger partial charge in [-0.3, -0.25) is 4.90 Å². The number of fused-ring (bicyclic) bond motifs is 1. The van der Waals surface area contributed by atoms with Gasteiger partial charge in [0.25, 0.3) is 0 Å². The lowest BCUT2D eigenvalue weighted by Crippen LogP contribution is -2.41. The predicted octanol–water partition coefficient (Wildman–Crippen LogP) is 0.412. The van der Waals surface area contributed by atoms with Gasteiger partial charge in [0.15, 0.2) is 23.6 Å². The minimum absolute atomic E-state index is 0.0242. The SMILES string of the molecule is Cn1c(COC(=O)NCCN2CCOCC2)nc2c(N3CCOCC3)nc(Cl)nc21. The van der Waals surface area contributed by atoms with E-state index in [9.17, 15) is 4.79 Å². The van der Waals surface area contributed by atoms with Gasteiger partial charge in [0, 0.05) is 46.3 Å². The van der Waals surface area contributed by atoms with E-state index < -0.39 is 6.09 Å². The number of anilines is 1. The Labute approximate surface area is 179 Å². The molecule has 2 fully saturated rings. The van der Waals surface area contributed by atoms with Gasteiger partial charge < -0.3 is 29.0 Å². The number of alkyl carbamates (subject to hydrolysis) is 1. The highest BCUT2D eigenvalue weighted by Gasteiger charge is 2.22. The van der Waals surface area contributed by atoms with E-state index >= 15 is 0 Å². The predicted molar refractivity (Wildman–Crippen MR) is 110 cm³/mol. The highest BCUT2D eigenvalue weighted by Crippen LogP contribution is 2.26. The Hall–Kier alpha value is -2.21. The van der Waals surface area contributed by atoms with E-state index in [0.29, 0.717) is 55.7 Å². The fourth-order valence-corrected chi connectivity index (χ4v) is 3.67. The van der Waals surface area contributed by atoms with Crippen molar-refractivity contribution in [3.05, 3.63) is 11.1 Å². The van der Waals surface area contributed by atoms with Crippen LogP contribution < -0.4 is 10.2 Å². The van der Waals surface area contributed by atoms with Crippen molar-refractivity contribution in [2.45, 2.75) is 6.61 Å². The summed E-state index contributed by atoms with van der Waals surface area (Å²) in [5.74, 6) is 1.24. The molecule has 0 radical (unpaired) electrons. The minimum Gasteiger partial charge on any atom is -0.441 e. The Morgan fingerprint density at radius 3 is 2.53 bits per heavy atom. The van der Waals surface area contributed by atoms with Gasteiger partial charge >= 0.3 is 6.09 Å². The number of imidazole rings is 1. The van der Waals surface area contributed by atoms with E-state index in [1.807, 2.05) is 7.05 Å². The molecule has 0 aromatic carbocycles. The number of morpholine rings is 2. The highest BCUT2D eigenvalue weighted by molar-refractivity contribution is 6.28. The van der Waals surface area contributed by atoms with Crippen LogP contribution in [0.5, 0.6) is 0 Å². The zero-order chi connectivity index (χ0) is 20.9. The molecule has 30 heavy (non-hydrogen) atoms. The van der Waals surface area contributed by atoms with E-state index in [1.165, 1.54) is 0 Å². The van der Waals surface area contributed by atoms with E-state index in [4.69, 9.17) is 25.8 Å². The molecule has 0 bridgehead atoms. The Bertz CT molecular complexity index is 881. The fraction of sp³-hybridized carbons (Fsp3) is 0.667. The third kappa shape index (κ3) is 4.91. The second kappa shape index (κ2) is 9.73. The zero-order valence-electron chi connectivity index (χ0n) is 17.0. The number of nitrogens with one attached hydrogen (secondary N) is 1. The average molecular weight is 440 g/mol. The largest absolute Gasteiger partial charge is 0.441 e. The van der Waals surface area contributed by atoms with E-state index in [1.54, 1.807) is 4.57 Å². The number of nitrogens with zero attached hydrogens (tertiary/aromatic N) is 6. The van der Waals surface area contributed by atoms with E-state index in [2.05, 4.69) is 30.1 Å². The molecule has 1 amide bonds. The molecule has 11 nitrogen and oxygen atoms in total. The van der Waals surface area contributed by atoms with Gasteiger partial charge in [0.1, 0.15) is 5.82 Å². The molecule has 0 atom stereocenters. The third-order valence-electron chi connectivity index (χ3n) is 5.21. The molecule has 2 aromatic rings. The van der Waals surface area contributed by atoms with Gasteiger partial charge in [0.05, 0.1) is 26.4 Å². The monoisotopic (exact) mass is 439 g/mol. The molecule has 0 aliphatic carbocycles. The van der Waals surface area contributed by atoms with Crippen molar-refractivity contribution >= 4 is 34.7 Å². The van der Waals surface area contributed by atoms with E-state index in [-0.39, 0.29) is 11.9 Å². The summed E-state index contributed by atoms with van der Waals surface area (Å²) in [5, 5.41) is 2.93. The van der Waals surface area contributed by atoms with Crippen molar-refractivity contribution in [1.29, 1.82) is 0 Å². The van der Waals surface area contributed by atoms with Crippen LogP contribution in [0.1, 0.15) is 5.82 Å². The number of amides is 1. The number of aryl methyl sites for hydroxylation is 1. The average Bonchev–Trinajstić information content (AvgIpc) is 3.08. The van der Waals surface area contributed by atoms with Crippen LogP contribution in [0.4, 0.5) is 10.6 Å². The third-order valence-corrected chi connectivity index (χ3v) is 5.38. The quantitative estimate of drug-likeness (QED) is 0.640. The van der Waals surface area contributed by atoms with Crippen molar-refractivity contribution < 1.29 is 19.0 Å². The summed E-state index contributed by atoms with van der Waals surface area (Å²) in [6.45, 7) is 7.19. The molecule has 4 rings (SSSR count). The first-order valence-corrected chi connectivity index (χ1v) is 10.4. The van der Waals surface area contributed by atoms with Gasteiger partial charge in [-0.25, -0.2) is 9.78 Å². The lowest BCUT2D eigenvalue weighted by atomic mass is 10.4. The van der Waals surface area contributed by atoms with Crippen LogP contribution in [-0.2, 0) is 27.9 Å². The smallest absolute Gasteiger partial charge is 0.407 e. The number of carbonyl (C=O) groups is 1. The Balaban J connectivity index is 1.38. The van der Waals surface area contributed by atoms with Crippen LogP contribution in [0.3, 0.4) is 0 Å². The number of aromatic nitrogens is 4. The van der Waals surface area contributed by atoms with Gasteiger partial charge in [-0.15, -0.1) is 0 Å². The van der Waals surface area contributed by atoms with Gasteiger partial charge in [-0.2, -0.15) is 9.97 Å². The Morgan fingerprint density at radius 2 is 1.80 bits per heavy atom. The summed E-state index contributed by atoms with van der Waals surface area (Å²) >= 11 is 6.14. The molecule has 1 N–H and O–H groups in total. The summed E-state index contributed by atoms with van der Waals surface area (Å²) in [7, 11) is 1.82. The van der Waals surface area contributed by atoms with Crippen LogP contribution in [0.15, 0.2) is 0 Å². The molecule has 0 unspecified atom stereocenters. The lowest BCUT2D eigenvalue weighted by molar-refractivity contribution is 0.0382. The zero-order valence-corrected chi connectivity index (χ0v) is 17.7. The molecule has 2 aromatic heterocycles. The first-order valence-electron chi connectivity index (χ1n) is 10.0. The van der Waals surface area contributed by atoms with Gasteiger partial charge in [-0.05, 0) is 11.6 Å². The maximum atomic E-state index is 12.1. The van der Waals surface area contributed by atoms with Crippen molar-refractivity contribution in [3.8, 4) is 0 Å². The molecular weight excluding hydrogens is 414 g/mol. The van der Waals surface area contributed by atoms with Crippen molar-refractivity contribution in [3.63, 3.8) is 0 Å². The molecule has 12 heteroatoms. The summed E-state index contributed by atoms with van der Waals surface area (Å²) in [6.07, 6.45) is -0.479. The number of hydrogen-bond donors (Lipinski definition) is 1. The minimum atomic E-state index is -0.479. The first-order chi connectivity index (χ1) is 14.6. The summed E-state index contributed by atoms with van der Waals surface area (Å²) in [5.41, 5.74) is 1.23. The topological polar surface area (TPSA) is 107 Å². The van der Waals surface area contributed by atoms with Crippen molar-refractivity contribution in [1.82, 2.24) is 29.7 Å². The number of carbonyl (C=O) groups excluding carboxylic acids is 1. The van der Waals surface area contributed by atoms with Crippen molar-refractivity contribution in [2.24, 2.45) is 7.05 Å². The number of ether oxygens (including phenoxy) is 3. The maximum absolute atomic E-state index is 12.1. The van der Waals surface area contributed by atoms with Crippen molar-refractivity contribution in [2.75, 3.05) is 70.6 Å². The van der Waals surface area contributed by atoms with Crippen LogP contribution >= 0.6 is 11.6 Å². The molecule has 2 aliphatic heterocycles. The molecule has 2 saturated heterocycles. The molecule has 2 aliphatic rings. The van der Waals surface area contributed by atoms with Crippen LogP contribution in [0.2, 0.25) is 5.28 Å². The fourth-order valence-electron chi connectivity index (χ4n) is 3.51. The Kier molecular flexibility index (Phi) is 6.82. The molecule has 0 spiro atoms. The number of halogens is 1.